The molecule has 0 spiro atoms. The number of hydrogen-bond donors (Lipinski definition) is 1. The van der Waals surface area contributed by atoms with E-state index in [0.29, 0.717) is 23.6 Å². The molecule has 1 aliphatic carbocycles. The smallest absolute Gasteiger partial charge is 0.274 e. The molecule has 3 rings (SSSR count). The van der Waals surface area contributed by atoms with E-state index in [0.717, 1.165) is 30.7 Å². The van der Waals surface area contributed by atoms with Crippen LogP contribution in [0.5, 0.6) is 0 Å². The van der Waals surface area contributed by atoms with Gasteiger partial charge in [-0.25, -0.2) is 8.42 Å². The van der Waals surface area contributed by atoms with Crippen molar-refractivity contribution < 1.29 is 26.4 Å². The lowest BCUT2D eigenvalue weighted by Crippen LogP contribution is -2.33. The van der Waals surface area contributed by atoms with Gasteiger partial charge in [-0.2, -0.15) is 18.3 Å². The highest BCUT2D eigenvalue weighted by molar-refractivity contribution is 7.90. The number of alkyl halides is 3. The molecule has 1 saturated carbocycles. The Hall–Kier alpha value is -2.07. The van der Waals surface area contributed by atoms with E-state index in [1.165, 1.54) is 6.07 Å². The molecule has 182 valence electrons. The normalized spacial score (nSPS) is 14.6. The summed E-state index contributed by atoms with van der Waals surface area (Å²) in [4.78, 5) is 12.2. The molecule has 33 heavy (non-hydrogen) atoms. The van der Waals surface area contributed by atoms with Gasteiger partial charge in [0, 0.05) is 23.1 Å². The number of nitrogens with zero attached hydrogens (tertiary/aromatic N) is 2. The summed E-state index contributed by atoms with van der Waals surface area (Å²) < 4.78 is 66.6. The number of sulfonamides is 1. The molecular weight excluding hydrogens is 479 g/mol. The number of nitrogens with one attached hydrogen (secondary N) is 1. The zero-order valence-corrected chi connectivity index (χ0v) is 20.0. The first-order chi connectivity index (χ1) is 15.3. The fourth-order valence-corrected chi connectivity index (χ4v) is 4.89. The van der Waals surface area contributed by atoms with Crippen LogP contribution in [0.25, 0.3) is 0 Å². The summed E-state index contributed by atoms with van der Waals surface area (Å²) in [5.41, 5.74) is 1.20. The maximum atomic E-state index is 12.9. The summed E-state index contributed by atoms with van der Waals surface area (Å²) in [7, 11) is -3.69. The molecule has 0 atom stereocenters. The monoisotopic (exact) mass is 505 g/mol. The molecule has 11 heteroatoms. The second-order valence-electron chi connectivity index (χ2n) is 8.82. The van der Waals surface area contributed by atoms with Gasteiger partial charge in [0.25, 0.3) is 0 Å². The van der Waals surface area contributed by atoms with Gasteiger partial charge in [0.15, 0.2) is 0 Å². The zero-order valence-electron chi connectivity index (χ0n) is 18.5. The van der Waals surface area contributed by atoms with Gasteiger partial charge < -0.3 is 0 Å². The molecule has 1 aliphatic rings. The van der Waals surface area contributed by atoms with Crippen molar-refractivity contribution in [1.29, 1.82) is 0 Å². The highest BCUT2D eigenvalue weighted by Crippen LogP contribution is 2.40. The second-order valence-corrected chi connectivity index (χ2v) is 11.1. The number of hydrogen-bond acceptors (Lipinski definition) is 4. The predicted molar refractivity (Wildman–Crippen MR) is 119 cm³/mol. The van der Waals surface area contributed by atoms with Crippen LogP contribution in [0.3, 0.4) is 0 Å². The number of rotatable bonds is 10. The van der Waals surface area contributed by atoms with Crippen molar-refractivity contribution in [2.45, 2.75) is 64.6 Å². The van der Waals surface area contributed by atoms with Crippen LogP contribution in [0.2, 0.25) is 5.02 Å². The lowest BCUT2D eigenvalue weighted by molar-refractivity contribution is -0.137. The average molecular weight is 506 g/mol. The number of carbonyl (C=O) groups is 1. The van der Waals surface area contributed by atoms with Crippen molar-refractivity contribution in [3.63, 3.8) is 0 Å². The summed E-state index contributed by atoms with van der Waals surface area (Å²) >= 11 is 6.10. The minimum atomic E-state index is -4.49. The molecule has 0 saturated heterocycles. The second kappa shape index (κ2) is 10.0. The van der Waals surface area contributed by atoms with Crippen LogP contribution in [-0.2, 0) is 34.0 Å². The lowest BCUT2D eigenvalue weighted by atomic mass is 10.1. The summed E-state index contributed by atoms with van der Waals surface area (Å²) in [6.45, 7) is 3.95. The van der Waals surface area contributed by atoms with E-state index in [1.807, 2.05) is 19.9 Å². The van der Waals surface area contributed by atoms with Gasteiger partial charge in [-0.05, 0) is 55.4 Å². The number of halogens is 4. The summed E-state index contributed by atoms with van der Waals surface area (Å²) in [6.07, 6.45) is -1.84. The maximum Gasteiger partial charge on any atom is 0.416 e. The van der Waals surface area contributed by atoms with Crippen LogP contribution in [0.4, 0.5) is 13.2 Å². The summed E-state index contributed by atoms with van der Waals surface area (Å²) in [6, 6.07) is 5.05. The van der Waals surface area contributed by atoms with E-state index in [9.17, 15) is 26.4 Å². The first-order valence-corrected chi connectivity index (χ1v) is 12.8. The largest absolute Gasteiger partial charge is 0.416 e. The lowest BCUT2D eigenvalue weighted by Gasteiger charge is -2.12. The van der Waals surface area contributed by atoms with Crippen LogP contribution in [0.1, 0.15) is 68.0 Å². The Morgan fingerprint density at radius 3 is 2.55 bits per heavy atom. The van der Waals surface area contributed by atoms with Crippen LogP contribution >= 0.6 is 11.6 Å². The summed E-state index contributed by atoms with van der Waals surface area (Å²) in [5.74, 6) is -0.193. The Labute approximate surface area is 196 Å². The van der Waals surface area contributed by atoms with Gasteiger partial charge in [0.1, 0.15) is 0 Å². The van der Waals surface area contributed by atoms with Gasteiger partial charge in [-0.15, -0.1) is 0 Å². The summed E-state index contributed by atoms with van der Waals surface area (Å²) in [5, 5.41) is 4.55. The Bertz CT molecular complexity index is 1110. The number of benzene rings is 1. The van der Waals surface area contributed by atoms with Gasteiger partial charge in [0.2, 0.25) is 15.9 Å². The SMILES string of the molecule is CC(C)CCS(=O)(=O)NC(=O)CCc1cc(C2CC2)nn1Cc1ccc(C(F)(F)F)cc1Cl. The standard InChI is InChI=1S/C22H27ClF3N3O3S/c1-14(2)9-10-33(31,32)28-21(30)8-7-18-12-20(15-3-4-15)27-29(18)13-16-5-6-17(11-19(16)23)22(24,25)26/h5-6,11-12,14-15H,3-4,7-10,13H2,1-2H3,(H,28,30). The van der Waals surface area contributed by atoms with Crippen molar-refractivity contribution in [2.24, 2.45) is 5.92 Å². The third kappa shape index (κ3) is 7.46. The van der Waals surface area contributed by atoms with E-state index < -0.39 is 27.7 Å². The Kier molecular flexibility index (Phi) is 7.78. The molecule has 1 heterocycles. The molecule has 1 aromatic carbocycles. The minimum absolute atomic E-state index is 0.0202. The molecule has 0 radical (unpaired) electrons. The van der Waals surface area contributed by atoms with Crippen LogP contribution in [0.15, 0.2) is 24.3 Å². The van der Waals surface area contributed by atoms with Gasteiger partial charge in [-0.3, -0.25) is 14.2 Å². The highest BCUT2D eigenvalue weighted by atomic mass is 35.5. The van der Waals surface area contributed by atoms with Gasteiger partial charge in [0.05, 0.1) is 23.6 Å². The molecule has 1 amide bonds. The van der Waals surface area contributed by atoms with Gasteiger partial charge >= 0.3 is 6.18 Å². The molecule has 1 aromatic heterocycles. The Balaban J connectivity index is 1.70. The first kappa shape index (κ1) is 25.6. The molecule has 1 fully saturated rings. The molecule has 1 N–H and O–H groups in total. The van der Waals surface area contributed by atoms with Crippen molar-refractivity contribution in [2.75, 3.05) is 5.75 Å². The number of amides is 1. The minimum Gasteiger partial charge on any atom is -0.274 e. The molecular formula is C22H27ClF3N3O3S. The maximum absolute atomic E-state index is 12.9. The zero-order chi connectivity index (χ0) is 24.4. The Morgan fingerprint density at radius 1 is 1.27 bits per heavy atom. The third-order valence-electron chi connectivity index (χ3n) is 5.42. The molecule has 0 bridgehead atoms. The van der Waals surface area contributed by atoms with Crippen LogP contribution < -0.4 is 4.72 Å². The van der Waals surface area contributed by atoms with E-state index in [2.05, 4.69) is 9.82 Å². The molecule has 6 nitrogen and oxygen atoms in total. The fraction of sp³-hybridized carbons (Fsp3) is 0.545. The van der Waals surface area contributed by atoms with E-state index in [1.54, 1.807) is 4.68 Å². The molecule has 0 aliphatic heterocycles. The number of aromatic nitrogens is 2. The quantitative estimate of drug-likeness (QED) is 0.497. The van der Waals surface area contributed by atoms with Crippen LogP contribution in [0, 0.1) is 5.92 Å². The highest BCUT2D eigenvalue weighted by Gasteiger charge is 2.31. The fourth-order valence-electron chi connectivity index (χ4n) is 3.32. The van der Waals surface area contributed by atoms with Crippen molar-refractivity contribution in [1.82, 2.24) is 14.5 Å². The first-order valence-electron chi connectivity index (χ1n) is 10.8. The van der Waals surface area contributed by atoms with Crippen LogP contribution in [-0.4, -0.2) is 29.9 Å². The molecule has 0 unspecified atom stereocenters. The topological polar surface area (TPSA) is 81.1 Å². The average Bonchev–Trinajstić information content (AvgIpc) is 3.47. The van der Waals surface area contributed by atoms with E-state index >= 15 is 0 Å². The van der Waals surface area contributed by atoms with Crippen molar-refractivity contribution in [3.05, 3.63) is 51.8 Å². The number of carbonyl (C=O) groups excluding carboxylic acids is 1. The third-order valence-corrected chi connectivity index (χ3v) is 7.08. The van der Waals surface area contributed by atoms with Crippen molar-refractivity contribution >= 4 is 27.5 Å². The number of aryl methyl sites for hydroxylation is 1. The van der Waals surface area contributed by atoms with E-state index in [-0.39, 0.29) is 36.1 Å². The van der Waals surface area contributed by atoms with Crippen molar-refractivity contribution in [3.8, 4) is 0 Å². The predicted octanol–water partition coefficient (Wildman–Crippen LogP) is 4.91. The Morgan fingerprint density at radius 2 is 1.97 bits per heavy atom. The van der Waals surface area contributed by atoms with Gasteiger partial charge in [-0.1, -0.05) is 31.5 Å². The van der Waals surface area contributed by atoms with E-state index in [4.69, 9.17) is 11.6 Å². The molecule has 2 aromatic rings.